The standard InChI is InChI=1S/C20H16N2O2/c23-19-10-8-18(9-11-19)20-21-13-17(14-22-20)7-4-12-24-15-16-5-2-1-3-6-16/h1-3,5-6,8-11,13-14,23H,12,15H2. The molecule has 0 bridgehead atoms. The van der Waals surface area contributed by atoms with E-state index in [4.69, 9.17) is 4.74 Å². The lowest BCUT2D eigenvalue weighted by Crippen LogP contribution is -1.93. The number of hydrogen-bond acceptors (Lipinski definition) is 4. The van der Waals surface area contributed by atoms with Gasteiger partial charge in [0.2, 0.25) is 0 Å². The molecule has 0 amide bonds. The van der Waals surface area contributed by atoms with Gasteiger partial charge in [0.1, 0.15) is 12.4 Å². The van der Waals surface area contributed by atoms with E-state index in [1.807, 2.05) is 30.3 Å². The number of phenolic OH excluding ortho intramolecular Hbond substituents is 1. The topological polar surface area (TPSA) is 55.2 Å². The van der Waals surface area contributed by atoms with E-state index in [0.29, 0.717) is 19.0 Å². The molecule has 0 aliphatic rings. The van der Waals surface area contributed by atoms with Crippen LogP contribution in [0.15, 0.2) is 67.0 Å². The maximum atomic E-state index is 9.29. The van der Waals surface area contributed by atoms with Gasteiger partial charge in [-0.3, -0.25) is 0 Å². The van der Waals surface area contributed by atoms with Gasteiger partial charge in [-0.2, -0.15) is 0 Å². The van der Waals surface area contributed by atoms with Crippen LogP contribution in [-0.4, -0.2) is 21.7 Å². The summed E-state index contributed by atoms with van der Waals surface area (Å²) in [5.74, 6) is 6.75. The fourth-order valence-corrected chi connectivity index (χ4v) is 2.08. The molecule has 4 heteroatoms. The van der Waals surface area contributed by atoms with Crippen molar-refractivity contribution in [3.8, 4) is 29.0 Å². The molecule has 1 heterocycles. The lowest BCUT2D eigenvalue weighted by molar-refractivity contribution is 0.153. The van der Waals surface area contributed by atoms with Crippen molar-refractivity contribution in [2.75, 3.05) is 6.61 Å². The molecule has 0 fully saturated rings. The van der Waals surface area contributed by atoms with Crippen molar-refractivity contribution in [1.29, 1.82) is 0 Å². The van der Waals surface area contributed by atoms with Crippen LogP contribution in [0.2, 0.25) is 0 Å². The van der Waals surface area contributed by atoms with Gasteiger partial charge >= 0.3 is 0 Å². The Morgan fingerprint density at radius 1 is 0.917 bits per heavy atom. The quantitative estimate of drug-likeness (QED) is 0.592. The molecule has 0 spiro atoms. The molecule has 0 atom stereocenters. The van der Waals surface area contributed by atoms with Gasteiger partial charge in [-0.05, 0) is 29.8 Å². The molecule has 24 heavy (non-hydrogen) atoms. The van der Waals surface area contributed by atoms with E-state index in [2.05, 4.69) is 21.8 Å². The van der Waals surface area contributed by atoms with Crippen molar-refractivity contribution in [3.05, 3.63) is 78.1 Å². The maximum Gasteiger partial charge on any atom is 0.159 e. The number of aromatic nitrogens is 2. The Labute approximate surface area is 140 Å². The van der Waals surface area contributed by atoms with E-state index in [1.165, 1.54) is 0 Å². The minimum absolute atomic E-state index is 0.219. The van der Waals surface area contributed by atoms with Crippen molar-refractivity contribution in [2.24, 2.45) is 0 Å². The van der Waals surface area contributed by atoms with Crippen LogP contribution in [0.5, 0.6) is 5.75 Å². The lowest BCUT2D eigenvalue weighted by atomic mass is 10.2. The monoisotopic (exact) mass is 316 g/mol. The molecular weight excluding hydrogens is 300 g/mol. The zero-order valence-electron chi connectivity index (χ0n) is 13.0. The summed E-state index contributed by atoms with van der Waals surface area (Å²) in [5.41, 5.74) is 2.71. The summed E-state index contributed by atoms with van der Waals surface area (Å²) in [6.45, 7) is 0.903. The van der Waals surface area contributed by atoms with E-state index >= 15 is 0 Å². The number of ether oxygens (including phenoxy) is 1. The van der Waals surface area contributed by atoms with E-state index < -0.39 is 0 Å². The van der Waals surface area contributed by atoms with Gasteiger partial charge in [-0.1, -0.05) is 42.2 Å². The second-order valence-corrected chi connectivity index (χ2v) is 5.12. The summed E-state index contributed by atoms with van der Waals surface area (Å²) in [6, 6.07) is 16.7. The Hall–Kier alpha value is -3.16. The number of rotatable bonds is 4. The van der Waals surface area contributed by atoms with Crippen LogP contribution >= 0.6 is 0 Å². The molecule has 0 saturated carbocycles. The van der Waals surface area contributed by atoms with Gasteiger partial charge in [-0.25, -0.2) is 9.97 Å². The highest BCUT2D eigenvalue weighted by atomic mass is 16.5. The fourth-order valence-electron chi connectivity index (χ4n) is 2.08. The summed E-state index contributed by atoms with van der Waals surface area (Å²) in [5, 5.41) is 9.29. The zero-order valence-corrected chi connectivity index (χ0v) is 13.0. The summed E-state index contributed by atoms with van der Waals surface area (Å²) in [6.07, 6.45) is 3.36. The molecular formula is C20H16N2O2. The van der Waals surface area contributed by atoms with Crippen molar-refractivity contribution in [3.63, 3.8) is 0 Å². The molecule has 0 radical (unpaired) electrons. The number of hydrogen-bond donors (Lipinski definition) is 1. The average molecular weight is 316 g/mol. The van der Waals surface area contributed by atoms with Crippen LogP contribution < -0.4 is 0 Å². The number of benzene rings is 2. The third kappa shape index (κ3) is 4.42. The second kappa shape index (κ2) is 7.91. The van der Waals surface area contributed by atoms with Crippen molar-refractivity contribution in [2.45, 2.75) is 6.61 Å². The van der Waals surface area contributed by atoms with Gasteiger partial charge in [-0.15, -0.1) is 0 Å². The van der Waals surface area contributed by atoms with Gasteiger partial charge in [0.15, 0.2) is 5.82 Å². The normalized spacial score (nSPS) is 10.0. The second-order valence-electron chi connectivity index (χ2n) is 5.12. The summed E-state index contributed by atoms with van der Waals surface area (Å²) < 4.78 is 5.51. The third-order valence-corrected chi connectivity index (χ3v) is 3.30. The molecule has 0 unspecified atom stereocenters. The number of nitrogens with zero attached hydrogens (tertiary/aromatic N) is 2. The van der Waals surface area contributed by atoms with Crippen LogP contribution in [0, 0.1) is 11.8 Å². The van der Waals surface area contributed by atoms with Crippen LogP contribution in [0.25, 0.3) is 11.4 Å². The van der Waals surface area contributed by atoms with Crippen molar-refractivity contribution >= 4 is 0 Å². The molecule has 1 aromatic heterocycles. The predicted octanol–water partition coefficient (Wildman–Crippen LogP) is 3.42. The molecule has 1 N–H and O–H groups in total. The maximum absolute atomic E-state index is 9.29. The average Bonchev–Trinajstić information content (AvgIpc) is 2.64. The van der Waals surface area contributed by atoms with Crippen molar-refractivity contribution in [1.82, 2.24) is 9.97 Å². The van der Waals surface area contributed by atoms with Gasteiger partial charge in [0.25, 0.3) is 0 Å². The largest absolute Gasteiger partial charge is 0.508 e. The van der Waals surface area contributed by atoms with Crippen LogP contribution in [0.3, 0.4) is 0 Å². The molecule has 4 nitrogen and oxygen atoms in total. The minimum Gasteiger partial charge on any atom is -0.508 e. The highest BCUT2D eigenvalue weighted by molar-refractivity contribution is 5.56. The fraction of sp³-hybridized carbons (Fsp3) is 0.100. The zero-order chi connectivity index (χ0) is 16.6. The van der Waals surface area contributed by atoms with E-state index in [0.717, 1.165) is 16.7 Å². The Bertz CT molecular complexity index is 833. The Morgan fingerprint density at radius 2 is 1.62 bits per heavy atom. The summed E-state index contributed by atoms with van der Waals surface area (Å²) >= 11 is 0. The molecule has 2 aromatic carbocycles. The van der Waals surface area contributed by atoms with E-state index in [1.54, 1.807) is 36.7 Å². The van der Waals surface area contributed by atoms with Gasteiger partial charge < -0.3 is 9.84 Å². The van der Waals surface area contributed by atoms with E-state index in [-0.39, 0.29) is 5.75 Å². The Morgan fingerprint density at radius 3 is 2.33 bits per heavy atom. The molecule has 0 aliphatic heterocycles. The molecule has 3 aromatic rings. The van der Waals surface area contributed by atoms with Gasteiger partial charge in [0.05, 0.1) is 12.2 Å². The molecule has 3 rings (SSSR count). The summed E-state index contributed by atoms with van der Waals surface area (Å²) in [7, 11) is 0. The highest BCUT2D eigenvalue weighted by Crippen LogP contribution is 2.17. The molecule has 118 valence electrons. The first-order chi connectivity index (χ1) is 11.8. The highest BCUT2D eigenvalue weighted by Gasteiger charge is 2.00. The lowest BCUT2D eigenvalue weighted by Gasteiger charge is -2.00. The van der Waals surface area contributed by atoms with Crippen molar-refractivity contribution < 1.29 is 9.84 Å². The first kappa shape index (κ1) is 15.7. The summed E-state index contributed by atoms with van der Waals surface area (Å²) in [4.78, 5) is 8.58. The van der Waals surface area contributed by atoms with E-state index in [9.17, 15) is 5.11 Å². The van der Waals surface area contributed by atoms with Crippen LogP contribution in [-0.2, 0) is 11.3 Å². The number of aromatic hydroxyl groups is 1. The first-order valence-corrected chi connectivity index (χ1v) is 7.53. The Balaban J connectivity index is 1.54. The molecule has 0 saturated heterocycles. The third-order valence-electron chi connectivity index (χ3n) is 3.30. The Kier molecular flexibility index (Phi) is 5.18. The predicted molar refractivity (Wildman–Crippen MR) is 92.1 cm³/mol. The molecule has 0 aliphatic carbocycles. The van der Waals surface area contributed by atoms with Gasteiger partial charge in [0, 0.05) is 18.0 Å². The first-order valence-electron chi connectivity index (χ1n) is 7.53. The van der Waals surface area contributed by atoms with Crippen LogP contribution in [0.4, 0.5) is 0 Å². The SMILES string of the molecule is Oc1ccc(-c2ncc(C#CCOCc3ccccc3)cn2)cc1. The smallest absolute Gasteiger partial charge is 0.159 e. The van der Waals surface area contributed by atoms with Crippen LogP contribution in [0.1, 0.15) is 11.1 Å². The number of phenols is 1. The minimum atomic E-state index is 0.219.